The average Bonchev–Trinajstić information content (AvgIpc) is 2.60. The molecular weight excluding hydrogens is 288 g/mol. The molecule has 0 bridgehead atoms. The summed E-state index contributed by atoms with van der Waals surface area (Å²) in [6.45, 7) is 2.04. The number of hydrogen-bond donors (Lipinski definition) is 1. The quantitative estimate of drug-likeness (QED) is 0.760. The van der Waals surface area contributed by atoms with Crippen LogP contribution in [0.4, 0.5) is 0 Å². The molecule has 3 nitrogen and oxygen atoms in total. The van der Waals surface area contributed by atoms with E-state index in [1.54, 1.807) is 6.07 Å². The molecular formula is C20H18O3. The summed E-state index contributed by atoms with van der Waals surface area (Å²) in [4.78, 5) is 11.6. The van der Waals surface area contributed by atoms with Gasteiger partial charge in [0, 0.05) is 5.92 Å². The third-order valence-corrected chi connectivity index (χ3v) is 4.25. The van der Waals surface area contributed by atoms with Crippen molar-refractivity contribution < 1.29 is 14.6 Å². The van der Waals surface area contributed by atoms with Gasteiger partial charge in [-0.1, -0.05) is 55.5 Å². The monoisotopic (exact) mass is 306 g/mol. The van der Waals surface area contributed by atoms with Crippen LogP contribution in [0.2, 0.25) is 0 Å². The molecule has 0 fully saturated rings. The van der Waals surface area contributed by atoms with Gasteiger partial charge in [-0.05, 0) is 34.0 Å². The summed E-state index contributed by atoms with van der Waals surface area (Å²) < 4.78 is 5.15. The normalized spacial score (nSPS) is 12.1. The van der Waals surface area contributed by atoms with Gasteiger partial charge in [0.05, 0.1) is 12.7 Å². The summed E-state index contributed by atoms with van der Waals surface area (Å²) in [5.41, 5.74) is 2.19. The van der Waals surface area contributed by atoms with Crippen LogP contribution in [0.1, 0.15) is 34.3 Å². The van der Waals surface area contributed by atoms with Crippen LogP contribution in [0, 0.1) is 0 Å². The van der Waals surface area contributed by atoms with Crippen LogP contribution >= 0.6 is 0 Å². The molecule has 0 spiro atoms. The molecule has 3 heteroatoms. The van der Waals surface area contributed by atoms with Crippen molar-refractivity contribution in [3.05, 3.63) is 77.4 Å². The van der Waals surface area contributed by atoms with E-state index in [4.69, 9.17) is 4.74 Å². The lowest BCUT2D eigenvalue weighted by molar-refractivity contribution is 0.0695. The molecule has 3 rings (SSSR count). The highest BCUT2D eigenvalue weighted by molar-refractivity contribution is 5.91. The molecule has 3 aromatic carbocycles. The Kier molecular flexibility index (Phi) is 4.02. The summed E-state index contributed by atoms with van der Waals surface area (Å²) in [5, 5.41) is 11.8. The van der Waals surface area contributed by atoms with Crippen molar-refractivity contribution in [2.24, 2.45) is 0 Å². The highest BCUT2D eigenvalue weighted by atomic mass is 16.5. The van der Waals surface area contributed by atoms with Gasteiger partial charge in [-0.15, -0.1) is 0 Å². The van der Waals surface area contributed by atoms with Crippen molar-refractivity contribution in [1.29, 1.82) is 0 Å². The van der Waals surface area contributed by atoms with Gasteiger partial charge >= 0.3 is 5.97 Å². The first kappa shape index (κ1) is 15.1. The molecule has 1 atom stereocenters. The van der Waals surface area contributed by atoms with Gasteiger partial charge in [-0.2, -0.15) is 0 Å². The van der Waals surface area contributed by atoms with Gasteiger partial charge in [0.15, 0.2) is 0 Å². The van der Waals surface area contributed by atoms with Gasteiger partial charge in [0.2, 0.25) is 0 Å². The van der Waals surface area contributed by atoms with Crippen LogP contribution in [0.25, 0.3) is 10.8 Å². The minimum atomic E-state index is -0.939. The predicted octanol–water partition coefficient (Wildman–Crippen LogP) is 4.70. The molecule has 0 aliphatic heterocycles. The fourth-order valence-corrected chi connectivity index (χ4v) is 3.02. The molecule has 23 heavy (non-hydrogen) atoms. The molecule has 0 heterocycles. The Bertz CT molecular complexity index is 862. The molecule has 0 aromatic heterocycles. The fourth-order valence-electron chi connectivity index (χ4n) is 3.02. The predicted molar refractivity (Wildman–Crippen MR) is 91.4 cm³/mol. The average molecular weight is 306 g/mol. The third kappa shape index (κ3) is 2.78. The van der Waals surface area contributed by atoms with E-state index >= 15 is 0 Å². The Hall–Kier alpha value is -2.81. The number of rotatable bonds is 4. The number of hydrogen-bond acceptors (Lipinski definition) is 2. The molecule has 3 aromatic rings. The maximum Gasteiger partial charge on any atom is 0.336 e. The lowest BCUT2D eigenvalue weighted by Gasteiger charge is -2.18. The standard InChI is InChI=1S/C20H18O3/c1-13(16-9-5-7-14-6-3-4-8-18(14)16)17-11-10-15(23-2)12-19(17)20(21)22/h3-13H,1-2H3,(H,21,22). The zero-order valence-electron chi connectivity index (χ0n) is 13.1. The number of benzene rings is 3. The first-order chi connectivity index (χ1) is 11.1. The van der Waals surface area contributed by atoms with Crippen LogP contribution in [0.5, 0.6) is 5.75 Å². The van der Waals surface area contributed by atoms with E-state index in [1.165, 1.54) is 7.11 Å². The Labute approximate surface area is 135 Å². The Morgan fingerprint density at radius 1 is 1.00 bits per heavy atom. The molecule has 0 saturated carbocycles. The lowest BCUT2D eigenvalue weighted by Crippen LogP contribution is -2.07. The first-order valence-electron chi connectivity index (χ1n) is 7.50. The zero-order valence-corrected chi connectivity index (χ0v) is 13.1. The lowest BCUT2D eigenvalue weighted by atomic mass is 9.86. The van der Waals surface area contributed by atoms with Crippen molar-refractivity contribution in [3.63, 3.8) is 0 Å². The van der Waals surface area contributed by atoms with Gasteiger partial charge in [-0.3, -0.25) is 0 Å². The van der Waals surface area contributed by atoms with E-state index in [-0.39, 0.29) is 11.5 Å². The van der Waals surface area contributed by atoms with Crippen LogP contribution in [-0.2, 0) is 0 Å². The maximum atomic E-state index is 11.6. The molecule has 0 saturated heterocycles. The highest BCUT2D eigenvalue weighted by Gasteiger charge is 2.19. The van der Waals surface area contributed by atoms with Gasteiger partial charge in [0.1, 0.15) is 5.75 Å². The topological polar surface area (TPSA) is 46.5 Å². The molecule has 0 aliphatic carbocycles. The summed E-state index contributed by atoms with van der Waals surface area (Å²) >= 11 is 0. The summed E-state index contributed by atoms with van der Waals surface area (Å²) in [6, 6.07) is 19.5. The van der Waals surface area contributed by atoms with Gasteiger partial charge < -0.3 is 9.84 Å². The molecule has 0 amide bonds. The number of carboxylic acids is 1. The molecule has 0 aliphatic rings. The Balaban J connectivity index is 2.16. The maximum absolute atomic E-state index is 11.6. The molecule has 1 unspecified atom stereocenters. The number of aromatic carboxylic acids is 1. The smallest absolute Gasteiger partial charge is 0.336 e. The summed E-state index contributed by atoms with van der Waals surface area (Å²) in [6.07, 6.45) is 0. The number of carbonyl (C=O) groups is 1. The number of ether oxygens (including phenoxy) is 1. The summed E-state index contributed by atoms with van der Waals surface area (Å²) in [7, 11) is 1.54. The number of methoxy groups -OCH3 is 1. The van der Waals surface area contributed by atoms with Gasteiger partial charge in [-0.25, -0.2) is 4.79 Å². The zero-order chi connectivity index (χ0) is 16.4. The Morgan fingerprint density at radius 3 is 2.48 bits per heavy atom. The van der Waals surface area contributed by atoms with Crippen molar-refractivity contribution in [3.8, 4) is 5.75 Å². The van der Waals surface area contributed by atoms with E-state index in [0.717, 1.165) is 21.9 Å². The number of carboxylic acid groups (broad SMARTS) is 1. The van der Waals surface area contributed by atoms with E-state index in [2.05, 4.69) is 24.3 Å². The van der Waals surface area contributed by atoms with Crippen LogP contribution in [-0.4, -0.2) is 18.2 Å². The third-order valence-electron chi connectivity index (χ3n) is 4.25. The molecule has 0 radical (unpaired) electrons. The van der Waals surface area contributed by atoms with E-state index in [1.807, 2.05) is 37.3 Å². The molecule has 1 N–H and O–H groups in total. The van der Waals surface area contributed by atoms with Gasteiger partial charge in [0.25, 0.3) is 0 Å². The van der Waals surface area contributed by atoms with E-state index in [9.17, 15) is 9.90 Å². The number of fused-ring (bicyclic) bond motifs is 1. The van der Waals surface area contributed by atoms with Crippen molar-refractivity contribution in [1.82, 2.24) is 0 Å². The second kappa shape index (κ2) is 6.13. The van der Waals surface area contributed by atoms with Crippen molar-refractivity contribution in [2.45, 2.75) is 12.8 Å². The fraction of sp³-hybridized carbons (Fsp3) is 0.150. The minimum Gasteiger partial charge on any atom is -0.497 e. The largest absolute Gasteiger partial charge is 0.497 e. The van der Waals surface area contributed by atoms with E-state index in [0.29, 0.717) is 5.75 Å². The van der Waals surface area contributed by atoms with Crippen LogP contribution in [0.3, 0.4) is 0 Å². The minimum absolute atomic E-state index is 0.0295. The van der Waals surface area contributed by atoms with E-state index < -0.39 is 5.97 Å². The summed E-state index contributed by atoms with van der Waals surface area (Å²) in [5.74, 6) is -0.416. The highest BCUT2D eigenvalue weighted by Crippen LogP contribution is 2.33. The SMILES string of the molecule is COc1ccc(C(C)c2cccc3ccccc23)c(C(=O)O)c1. The second-order valence-electron chi connectivity index (χ2n) is 5.55. The van der Waals surface area contributed by atoms with Crippen molar-refractivity contribution in [2.75, 3.05) is 7.11 Å². The van der Waals surface area contributed by atoms with Crippen LogP contribution < -0.4 is 4.74 Å². The molecule has 116 valence electrons. The van der Waals surface area contributed by atoms with Crippen LogP contribution in [0.15, 0.2) is 60.7 Å². The first-order valence-corrected chi connectivity index (χ1v) is 7.50. The van der Waals surface area contributed by atoms with Crippen molar-refractivity contribution >= 4 is 16.7 Å². The second-order valence-corrected chi connectivity index (χ2v) is 5.55. The Morgan fingerprint density at radius 2 is 1.74 bits per heavy atom.